The summed E-state index contributed by atoms with van der Waals surface area (Å²) in [6.07, 6.45) is 0.559. The first kappa shape index (κ1) is 11.9. The van der Waals surface area contributed by atoms with Crippen LogP contribution in [0.2, 0.25) is 0 Å². The number of rotatable bonds is 6. The number of aliphatic hydroxyl groups excluding tert-OH is 1. The van der Waals surface area contributed by atoms with Crippen LogP contribution in [-0.2, 0) is 9.59 Å². The molecule has 1 unspecified atom stereocenters. The Kier molecular flexibility index (Phi) is 4.40. The second-order valence-corrected chi connectivity index (χ2v) is 3.70. The first-order chi connectivity index (χ1) is 5.93. The highest BCUT2D eigenvalue weighted by Gasteiger charge is 2.26. The summed E-state index contributed by atoms with van der Waals surface area (Å²) in [4.78, 5) is 20.6. The lowest BCUT2D eigenvalue weighted by Gasteiger charge is -2.24. The van der Waals surface area contributed by atoms with Crippen LogP contribution in [0.4, 0.5) is 0 Å². The Bertz CT molecular complexity index is 191. The van der Waals surface area contributed by atoms with Crippen molar-refractivity contribution >= 4 is 12.4 Å². The number of hydrogen-bond acceptors (Lipinski definition) is 3. The Morgan fingerprint density at radius 1 is 1.62 bits per heavy atom. The van der Waals surface area contributed by atoms with E-state index in [4.69, 9.17) is 10.2 Å². The average Bonchev–Trinajstić information content (AvgIpc) is 2.03. The van der Waals surface area contributed by atoms with Gasteiger partial charge in [0.2, 0.25) is 6.41 Å². The fourth-order valence-electron chi connectivity index (χ4n) is 0.917. The van der Waals surface area contributed by atoms with Crippen molar-refractivity contribution in [3.63, 3.8) is 0 Å². The van der Waals surface area contributed by atoms with Gasteiger partial charge in [0, 0.05) is 6.61 Å². The molecule has 0 fully saturated rings. The van der Waals surface area contributed by atoms with Gasteiger partial charge in [-0.25, -0.2) is 4.79 Å². The number of carbonyl (C=O) groups excluding carboxylic acids is 1. The van der Waals surface area contributed by atoms with Gasteiger partial charge in [-0.15, -0.1) is 0 Å². The summed E-state index contributed by atoms with van der Waals surface area (Å²) in [5.74, 6) is -1.09. The fraction of sp³-hybridized carbons (Fsp3) is 0.750. The summed E-state index contributed by atoms with van der Waals surface area (Å²) in [6.45, 7) is 3.35. The molecular formula is C8H15NO4. The Balaban J connectivity index is 4.24. The summed E-state index contributed by atoms with van der Waals surface area (Å²) in [5.41, 5.74) is -0.501. The van der Waals surface area contributed by atoms with Gasteiger partial charge in [-0.1, -0.05) is 13.8 Å². The number of aliphatic hydroxyl groups is 1. The van der Waals surface area contributed by atoms with Crippen LogP contribution >= 0.6 is 0 Å². The Hall–Kier alpha value is -1.10. The highest BCUT2D eigenvalue weighted by Crippen LogP contribution is 2.21. The van der Waals surface area contributed by atoms with E-state index in [-0.39, 0.29) is 13.0 Å². The number of carboxylic acid groups (broad SMARTS) is 1. The molecule has 1 amide bonds. The lowest BCUT2D eigenvalue weighted by molar-refractivity contribution is -0.141. The van der Waals surface area contributed by atoms with E-state index in [1.54, 1.807) is 13.8 Å². The molecule has 0 saturated carbocycles. The topological polar surface area (TPSA) is 86.6 Å². The van der Waals surface area contributed by atoms with Crippen LogP contribution in [0.15, 0.2) is 0 Å². The van der Waals surface area contributed by atoms with Gasteiger partial charge in [-0.3, -0.25) is 4.79 Å². The van der Waals surface area contributed by atoms with Crippen molar-refractivity contribution in [2.75, 3.05) is 6.61 Å². The lowest BCUT2D eigenvalue weighted by atomic mass is 9.87. The van der Waals surface area contributed by atoms with Gasteiger partial charge in [0.1, 0.15) is 6.04 Å². The van der Waals surface area contributed by atoms with Crippen molar-refractivity contribution < 1.29 is 19.8 Å². The van der Waals surface area contributed by atoms with Crippen molar-refractivity contribution in [1.29, 1.82) is 0 Å². The van der Waals surface area contributed by atoms with Crippen LogP contribution in [0, 0.1) is 5.41 Å². The molecule has 0 aliphatic rings. The third-order valence-electron chi connectivity index (χ3n) is 1.75. The van der Waals surface area contributed by atoms with E-state index >= 15 is 0 Å². The lowest BCUT2D eigenvalue weighted by Crippen LogP contribution is -2.40. The van der Waals surface area contributed by atoms with Gasteiger partial charge in [0.05, 0.1) is 0 Å². The van der Waals surface area contributed by atoms with E-state index < -0.39 is 17.4 Å². The van der Waals surface area contributed by atoms with Crippen LogP contribution in [-0.4, -0.2) is 35.2 Å². The summed E-state index contributed by atoms with van der Waals surface area (Å²) in [6, 6.07) is -0.931. The third-order valence-corrected chi connectivity index (χ3v) is 1.75. The van der Waals surface area contributed by atoms with Gasteiger partial charge in [0.25, 0.3) is 0 Å². The van der Waals surface area contributed by atoms with Crippen molar-refractivity contribution in [1.82, 2.24) is 5.32 Å². The second kappa shape index (κ2) is 4.81. The van der Waals surface area contributed by atoms with Gasteiger partial charge in [-0.05, 0) is 11.8 Å². The average molecular weight is 189 g/mol. The minimum atomic E-state index is -1.09. The Morgan fingerprint density at radius 3 is 2.46 bits per heavy atom. The maximum atomic E-state index is 10.6. The van der Waals surface area contributed by atoms with Crippen molar-refractivity contribution in [3.8, 4) is 0 Å². The van der Waals surface area contributed by atoms with E-state index in [0.29, 0.717) is 6.41 Å². The first-order valence-corrected chi connectivity index (χ1v) is 3.96. The summed E-state index contributed by atoms with van der Waals surface area (Å²) >= 11 is 0. The largest absolute Gasteiger partial charge is 0.480 e. The molecule has 13 heavy (non-hydrogen) atoms. The molecule has 0 aromatic heterocycles. The molecule has 0 rings (SSSR count). The predicted molar refractivity (Wildman–Crippen MR) is 46.1 cm³/mol. The molecule has 0 aliphatic heterocycles. The van der Waals surface area contributed by atoms with Gasteiger partial charge in [-0.2, -0.15) is 0 Å². The van der Waals surface area contributed by atoms with Crippen LogP contribution in [0.5, 0.6) is 0 Å². The number of aliphatic carboxylic acids is 1. The number of hydrogen-bond donors (Lipinski definition) is 3. The molecule has 0 aliphatic carbocycles. The monoisotopic (exact) mass is 189 g/mol. The Labute approximate surface area is 76.8 Å². The smallest absolute Gasteiger partial charge is 0.326 e. The zero-order valence-corrected chi connectivity index (χ0v) is 7.78. The highest BCUT2D eigenvalue weighted by atomic mass is 16.4. The van der Waals surface area contributed by atoms with E-state index in [2.05, 4.69) is 5.32 Å². The number of carboxylic acids is 1. The van der Waals surface area contributed by atoms with E-state index in [9.17, 15) is 9.59 Å². The maximum absolute atomic E-state index is 10.6. The zero-order valence-electron chi connectivity index (χ0n) is 7.78. The Morgan fingerprint density at radius 2 is 2.15 bits per heavy atom. The zero-order chi connectivity index (χ0) is 10.5. The molecule has 76 valence electrons. The third kappa shape index (κ3) is 4.47. The van der Waals surface area contributed by atoms with Crippen LogP contribution in [0.25, 0.3) is 0 Å². The number of nitrogens with one attached hydrogen (secondary N) is 1. The maximum Gasteiger partial charge on any atom is 0.326 e. The van der Waals surface area contributed by atoms with E-state index in [1.165, 1.54) is 0 Å². The predicted octanol–water partition coefficient (Wildman–Crippen LogP) is -0.406. The minimum absolute atomic E-state index is 0.114. The van der Waals surface area contributed by atoms with Crippen LogP contribution in [0.3, 0.4) is 0 Å². The fourth-order valence-corrected chi connectivity index (χ4v) is 0.917. The molecule has 0 spiro atoms. The van der Waals surface area contributed by atoms with E-state index in [0.717, 1.165) is 0 Å². The molecule has 0 saturated heterocycles. The molecule has 0 aromatic rings. The standard InChI is InChI=1S/C8H15NO4/c1-8(2,4-10)3-6(7(12)13)9-5-11/h5-6,10H,3-4H2,1-2H3,(H,9,11)(H,12,13). The first-order valence-electron chi connectivity index (χ1n) is 3.96. The van der Waals surface area contributed by atoms with Crippen molar-refractivity contribution in [2.45, 2.75) is 26.3 Å². The number of carbonyl (C=O) groups is 2. The molecule has 0 heterocycles. The van der Waals surface area contributed by atoms with Crippen LogP contribution < -0.4 is 5.32 Å². The van der Waals surface area contributed by atoms with E-state index in [1.807, 2.05) is 0 Å². The molecule has 0 bridgehead atoms. The summed E-state index contributed by atoms with van der Waals surface area (Å²) in [5, 5.41) is 19.7. The van der Waals surface area contributed by atoms with Crippen molar-refractivity contribution in [3.05, 3.63) is 0 Å². The molecule has 0 aromatic carbocycles. The molecule has 0 radical (unpaired) electrons. The van der Waals surface area contributed by atoms with Gasteiger partial charge >= 0.3 is 5.97 Å². The second-order valence-electron chi connectivity index (χ2n) is 3.70. The molecule has 5 heteroatoms. The van der Waals surface area contributed by atoms with Gasteiger partial charge in [0.15, 0.2) is 0 Å². The SMILES string of the molecule is CC(C)(CO)CC(NC=O)C(=O)O. The van der Waals surface area contributed by atoms with Crippen molar-refractivity contribution in [2.24, 2.45) is 5.41 Å². The summed E-state index contributed by atoms with van der Waals surface area (Å²) < 4.78 is 0. The molecule has 1 atom stereocenters. The highest BCUT2D eigenvalue weighted by molar-refractivity contribution is 5.76. The quantitative estimate of drug-likeness (QED) is 0.496. The normalized spacial score (nSPS) is 13.5. The van der Waals surface area contributed by atoms with Crippen LogP contribution in [0.1, 0.15) is 20.3 Å². The molecule has 3 N–H and O–H groups in total. The summed E-state index contributed by atoms with van der Waals surface area (Å²) in [7, 11) is 0. The number of amides is 1. The molecular weight excluding hydrogens is 174 g/mol. The molecule has 5 nitrogen and oxygen atoms in total. The van der Waals surface area contributed by atoms with Gasteiger partial charge < -0.3 is 15.5 Å². The minimum Gasteiger partial charge on any atom is -0.480 e.